The number of rotatable bonds is 12. The van der Waals surface area contributed by atoms with E-state index in [4.69, 9.17) is 5.73 Å². The average Bonchev–Trinajstić information content (AvgIpc) is 2.25. The minimum Gasteiger partial charge on any atom is -0.370 e. The summed E-state index contributed by atoms with van der Waals surface area (Å²) in [5, 5.41) is 3.43. The second-order valence-corrected chi connectivity index (χ2v) is 4.44. The predicted molar refractivity (Wildman–Crippen MR) is 69.3 cm³/mol. The van der Waals surface area contributed by atoms with Gasteiger partial charge in [-0.1, -0.05) is 39.0 Å². The molecule has 0 heterocycles. The molecule has 0 fully saturated rings. The normalized spacial score (nSPS) is 10.6. The van der Waals surface area contributed by atoms with Crippen LogP contribution in [0.2, 0.25) is 0 Å². The van der Waals surface area contributed by atoms with Crippen molar-refractivity contribution in [3.63, 3.8) is 0 Å². The highest BCUT2D eigenvalue weighted by Crippen LogP contribution is 2.01. The Morgan fingerprint density at radius 1 is 0.938 bits per heavy atom. The maximum Gasteiger partial charge on any atom is 0.217 e. The monoisotopic (exact) mass is 228 g/mol. The lowest BCUT2D eigenvalue weighted by Gasteiger charge is -2.04. The largest absolute Gasteiger partial charge is 0.370 e. The van der Waals surface area contributed by atoms with Gasteiger partial charge in [0.1, 0.15) is 0 Å². The Kier molecular flexibility index (Phi) is 12.1. The lowest BCUT2D eigenvalue weighted by molar-refractivity contribution is -0.118. The first-order valence-electron chi connectivity index (χ1n) is 6.76. The third kappa shape index (κ3) is 13.4. The van der Waals surface area contributed by atoms with Crippen LogP contribution in [-0.2, 0) is 4.79 Å². The molecule has 96 valence electrons. The van der Waals surface area contributed by atoms with Crippen LogP contribution in [0.5, 0.6) is 0 Å². The SMILES string of the molecule is CCCCCCCNCCCCCC(N)=O. The molecule has 0 unspecified atom stereocenters. The first-order valence-corrected chi connectivity index (χ1v) is 6.76. The van der Waals surface area contributed by atoms with E-state index in [1.807, 2.05) is 0 Å². The number of hydrogen-bond acceptors (Lipinski definition) is 2. The van der Waals surface area contributed by atoms with E-state index in [0.29, 0.717) is 6.42 Å². The summed E-state index contributed by atoms with van der Waals surface area (Å²) in [5.74, 6) is -0.177. The maximum absolute atomic E-state index is 10.5. The summed E-state index contributed by atoms with van der Waals surface area (Å²) in [5.41, 5.74) is 5.06. The van der Waals surface area contributed by atoms with Crippen LogP contribution >= 0.6 is 0 Å². The van der Waals surface area contributed by atoms with E-state index < -0.39 is 0 Å². The predicted octanol–water partition coefficient (Wildman–Crippen LogP) is 2.59. The summed E-state index contributed by atoms with van der Waals surface area (Å²) in [6, 6.07) is 0. The molecule has 0 rings (SSSR count). The van der Waals surface area contributed by atoms with Gasteiger partial charge in [-0.15, -0.1) is 0 Å². The molecule has 0 aromatic carbocycles. The van der Waals surface area contributed by atoms with Gasteiger partial charge in [0.25, 0.3) is 0 Å². The van der Waals surface area contributed by atoms with Gasteiger partial charge >= 0.3 is 0 Å². The minimum absolute atomic E-state index is 0.177. The topological polar surface area (TPSA) is 55.1 Å². The van der Waals surface area contributed by atoms with E-state index in [2.05, 4.69) is 12.2 Å². The van der Waals surface area contributed by atoms with Crippen molar-refractivity contribution < 1.29 is 4.79 Å². The molecule has 0 aliphatic carbocycles. The fourth-order valence-electron chi connectivity index (χ4n) is 1.70. The molecule has 3 N–H and O–H groups in total. The first-order chi connectivity index (χ1) is 7.77. The van der Waals surface area contributed by atoms with Crippen molar-refractivity contribution in [2.45, 2.75) is 64.7 Å². The van der Waals surface area contributed by atoms with Crippen molar-refractivity contribution in [1.29, 1.82) is 0 Å². The van der Waals surface area contributed by atoms with Gasteiger partial charge in [-0.25, -0.2) is 0 Å². The van der Waals surface area contributed by atoms with Gasteiger partial charge in [-0.2, -0.15) is 0 Å². The molecule has 0 bridgehead atoms. The molecule has 1 amide bonds. The zero-order valence-electron chi connectivity index (χ0n) is 10.8. The van der Waals surface area contributed by atoms with E-state index in [1.165, 1.54) is 32.1 Å². The molecule has 0 aliphatic heterocycles. The Balaban J connectivity index is 2.90. The number of primary amides is 1. The lowest BCUT2D eigenvalue weighted by Crippen LogP contribution is -2.16. The van der Waals surface area contributed by atoms with Gasteiger partial charge in [0.05, 0.1) is 0 Å². The average molecular weight is 228 g/mol. The summed E-state index contributed by atoms with van der Waals surface area (Å²) in [6.45, 7) is 4.45. The molecule has 3 nitrogen and oxygen atoms in total. The second-order valence-electron chi connectivity index (χ2n) is 4.44. The molecule has 3 heteroatoms. The smallest absolute Gasteiger partial charge is 0.217 e. The molecular weight excluding hydrogens is 200 g/mol. The lowest BCUT2D eigenvalue weighted by atomic mass is 10.1. The number of hydrogen-bond donors (Lipinski definition) is 2. The van der Waals surface area contributed by atoms with Gasteiger partial charge in [-0.05, 0) is 32.4 Å². The quantitative estimate of drug-likeness (QED) is 0.504. The summed E-state index contributed by atoms with van der Waals surface area (Å²) >= 11 is 0. The fraction of sp³-hybridized carbons (Fsp3) is 0.923. The Morgan fingerprint density at radius 3 is 2.06 bits per heavy atom. The Hall–Kier alpha value is -0.570. The van der Waals surface area contributed by atoms with Gasteiger partial charge in [0.2, 0.25) is 5.91 Å². The molecule has 0 saturated carbocycles. The second kappa shape index (κ2) is 12.5. The van der Waals surface area contributed by atoms with Crippen LogP contribution in [0.3, 0.4) is 0 Å². The van der Waals surface area contributed by atoms with E-state index in [9.17, 15) is 4.79 Å². The van der Waals surface area contributed by atoms with Crippen molar-refractivity contribution >= 4 is 5.91 Å². The summed E-state index contributed by atoms with van der Waals surface area (Å²) in [7, 11) is 0. The van der Waals surface area contributed by atoms with E-state index in [0.717, 1.165) is 32.4 Å². The highest BCUT2D eigenvalue weighted by molar-refractivity contribution is 5.73. The van der Waals surface area contributed by atoms with Crippen LogP contribution in [0.15, 0.2) is 0 Å². The van der Waals surface area contributed by atoms with Gasteiger partial charge < -0.3 is 11.1 Å². The number of carbonyl (C=O) groups excluding carboxylic acids is 1. The molecule has 0 atom stereocenters. The van der Waals surface area contributed by atoms with Crippen LogP contribution in [0.4, 0.5) is 0 Å². The molecular formula is C13H28N2O. The van der Waals surface area contributed by atoms with E-state index in [-0.39, 0.29) is 5.91 Å². The van der Waals surface area contributed by atoms with Crippen LogP contribution in [-0.4, -0.2) is 19.0 Å². The highest BCUT2D eigenvalue weighted by Gasteiger charge is 1.94. The van der Waals surface area contributed by atoms with Crippen LogP contribution in [0.1, 0.15) is 64.7 Å². The summed E-state index contributed by atoms with van der Waals surface area (Å²) in [4.78, 5) is 10.5. The van der Waals surface area contributed by atoms with Crippen molar-refractivity contribution in [2.24, 2.45) is 5.73 Å². The van der Waals surface area contributed by atoms with Crippen LogP contribution < -0.4 is 11.1 Å². The number of nitrogens with one attached hydrogen (secondary N) is 1. The molecule has 0 aliphatic rings. The third-order valence-corrected chi connectivity index (χ3v) is 2.73. The van der Waals surface area contributed by atoms with Crippen LogP contribution in [0.25, 0.3) is 0 Å². The minimum atomic E-state index is -0.177. The van der Waals surface area contributed by atoms with Crippen molar-refractivity contribution in [3.05, 3.63) is 0 Å². The van der Waals surface area contributed by atoms with Crippen molar-refractivity contribution in [2.75, 3.05) is 13.1 Å². The van der Waals surface area contributed by atoms with Crippen molar-refractivity contribution in [1.82, 2.24) is 5.32 Å². The zero-order chi connectivity index (χ0) is 12.1. The maximum atomic E-state index is 10.5. The van der Waals surface area contributed by atoms with Crippen molar-refractivity contribution in [3.8, 4) is 0 Å². The molecule has 16 heavy (non-hydrogen) atoms. The summed E-state index contributed by atoms with van der Waals surface area (Å²) < 4.78 is 0. The molecule has 0 aromatic rings. The number of unbranched alkanes of at least 4 members (excludes halogenated alkanes) is 6. The number of carbonyl (C=O) groups is 1. The Labute approximate surface area is 100 Å². The van der Waals surface area contributed by atoms with Gasteiger partial charge in [-0.3, -0.25) is 4.79 Å². The molecule has 0 radical (unpaired) electrons. The number of nitrogens with two attached hydrogens (primary N) is 1. The van der Waals surface area contributed by atoms with Gasteiger partial charge in [0.15, 0.2) is 0 Å². The van der Waals surface area contributed by atoms with Gasteiger partial charge in [0, 0.05) is 6.42 Å². The third-order valence-electron chi connectivity index (χ3n) is 2.73. The molecule has 0 saturated heterocycles. The van der Waals surface area contributed by atoms with E-state index >= 15 is 0 Å². The van der Waals surface area contributed by atoms with E-state index in [1.54, 1.807) is 0 Å². The van der Waals surface area contributed by atoms with Crippen LogP contribution in [0, 0.1) is 0 Å². The Morgan fingerprint density at radius 2 is 1.50 bits per heavy atom. The standard InChI is InChI=1S/C13H28N2O/c1-2-3-4-5-8-11-15-12-9-6-7-10-13(14)16/h15H,2-12H2,1H3,(H2,14,16). The zero-order valence-corrected chi connectivity index (χ0v) is 10.8. The highest BCUT2D eigenvalue weighted by atomic mass is 16.1. The summed E-state index contributed by atoms with van der Waals surface area (Å²) in [6.07, 6.45) is 10.4. The Bertz CT molecular complexity index is 160. The first kappa shape index (κ1) is 15.4. The molecule has 0 spiro atoms. The molecule has 0 aromatic heterocycles. The number of amides is 1. The fourth-order valence-corrected chi connectivity index (χ4v) is 1.70.